The van der Waals surface area contributed by atoms with Crippen LogP contribution in [0, 0.1) is 11.8 Å². The van der Waals surface area contributed by atoms with Gasteiger partial charge in [0.15, 0.2) is 0 Å². The van der Waals surface area contributed by atoms with Gasteiger partial charge in [-0.25, -0.2) is 0 Å². The summed E-state index contributed by atoms with van der Waals surface area (Å²) in [6.45, 7) is 5.18. The number of carbonyl (C=O) groups excluding carboxylic acids is 1. The Balaban J connectivity index is 1.78. The molecule has 1 rings (SSSR count). The van der Waals surface area contributed by atoms with E-state index in [1.165, 1.54) is 103 Å². The highest BCUT2D eigenvalue weighted by Crippen LogP contribution is 2.42. The van der Waals surface area contributed by atoms with Gasteiger partial charge in [-0.3, -0.25) is 4.79 Å². The normalized spacial score (nSPS) is 18.6. The van der Waals surface area contributed by atoms with Crippen LogP contribution < -0.4 is 0 Å². The van der Waals surface area contributed by atoms with Gasteiger partial charge in [-0.1, -0.05) is 123 Å². The molecule has 0 aliphatic heterocycles. The average molecular weight is 453 g/mol. The number of carbonyl (C=O) groups is 1. The Morgan fingerprint density at radius 3 is 1.81 bits per heavy atom. The third-order valence-electron chi connectivity index (χ3n) is 7.27. The number of hydrogen-bond acceptors (Lipinski definition) is 3. The van der Waals surface area contributed by atoms with Crippen LogP contribution in [0.1, 0.15) is 155 Å². The first-order valence-corrected chi connectivity index (χ1v) is 14.5. The van der Waals surface area contributed by atoms with Crippen LogP contribution in [0.25, 0.3) is 0 Å². The quantitative estimate of drug-likeness (QED) is 0.118. The first-order chi connectivity index (χ1) is 15.7. The Labute approximate surface area is 200 Å². The van der Waals surface area contributed by atoms with Crippen molar-refractivity contribution in [1.82, 2.24) is 0 Å². The van der Waals surface area contributed by atoms with Crippen LogP contribution in [0.15, 0.2) is 0 Å². The molecular weight excluding hydrogens is 396 g/mol. The minimum Gasteiger partial charge on any atom is -0.465 e. The zero-order valence-corrected chi connectivity index (χ0v) is 21.8. The summed E-state index contributed by atoms with van der Waals surface area (Å²) in [7, 11) is 0. The molecule has 3 heteroatoms. The SMILES string of the molecule is CCCCCCCCC[C@H](O)CCCCCCCCC(=O)OC[C@H]1C[C@H]1CCCCCC. The summed E-state index contributed by atoms with van der Waals surface area (Å²) in [5, 5.41) is 10.1. The molecule has 0 amide bonds. The molecule has 1 fully saturated rings. The number of ether oxygens (including phenoxy) is 1. The average Bonchev–Trinajstić information content (AvgIpc) is 3.54. The van der Waals surface area contributed by atoms with Crippen LogP contribution in [0.5, 0.6) is 0 Å². The molecule has 0 saturated heterocycles. The summed E-state index contributed by atoms with van der Waals surface area (Å²) in [6.07, 6.45) is 26.5. The number of aliphatic hydroxyl groups is 1. The van der Waals surface area contributed by atoms with Crippen molar-refractivity contribution in [3.8, 4) is 0 Å². The van der Waals surface area contributed by atoms with Gasteiger partial charge in [0.2, 0.25) is 0 Å². The highest BCUT2D eigenvalue weighted by atomic mass is 16.5. The highest BCUT2D eigenvalue weighted by molar-refractivity contribution is 5.69. The van der Waals surface area contributed by atoms with Gasteiger partial charge in [0.05, 0.1) is 12.7 Å². The third-order valence-corrected chi connectivity index (χ3v) is 7.27. The molecule has 0 unspecified atom stereocenters. The van der Waals surface area contributed by atoms with Crippen molar-refractivity contribution in [1.29, 1.82) is 0 Å². The predicted octanol–water partition coefficient (Wildman–Crippen LogP) is 8.76. The van der Waals surface area contributed by atoms with Crippen molar-refractivity contribution < 1.29 is 14.6 Å². The first-order valence-electron chi connectivity index (χ1n) is 14.5. The molecule has 0 aromatic heterocycles. The Kier molecular flexibility index (Phi) is 19.3. The second-order valence-electron chi connectivity index (χ2n) is 10.5. The smallest absolute Gasteiger partial charge is 0.305 e. The number of unbranched alkanes of at least 4 members (excludes halogenated alkanes) is 14. The van der Waals surface area contributed by atoms with Crippen molar-refractivity contribution in [3.05, 3.63) is 0 Å². The molecule has 1 saturated carbocycles. The van der Waals surface area contributed by atoms with E-state index in [2.05, 4.69) is 13.8 Å². The fourth-order valence-corrected chi connectivity index (χ4v) is 4.81. The minimum absolute atomic E-state index is 0.00937. The van der Waals surface area contributed by atoms with Crippen LogP contribution >= 0.6 is 0 Å². The summed E-state index contributed by atoms with van der Waals surface area (Å²) in [5.74, 6) is 1.49. The Morgan fingerprint density at radius 1 is 0.719 bits per heavy atom. The lowest BCUT2D eigenvalue weighted by atomic mass is 10.0. The molecule has 0 bridgehead atoms. The molecule has 0 aromatic carbocycles. The lowest BCUT2D eigenvalue weighted by Gasteiger charge is -2.10. The van der Waals surface area contributed by atoms with Crippen molar-refractivity contribution in [2.24, 2.45) is 11.8 Å². The molecule has 1 aliphatic rings. The molecular formula is C29H56O3. The summed E-state index contributed by atoms with van der Waals surface area (Å²) in [5.41, 5.74) is 0. The fourth-order valence-electron chi connectivity index (χ4n) is 4.81. The van der Waals surface area contributed by atoms with Gasteiger partial charge in [0, 0.05) is 6.42 Å². The molecule has 3 atom stereocenters. The largest absolute Gasteiger partial charge is 0.465 e. The van der Waals surface area contributed by atoms with Gasteiger partial charge in [-0.15, -0.1) is 0 Å². The number of aliphatic hydroxyl groups excluding tert-OH is 1. The van der Waals surface area contributed by atoms with Crippen LogP contribution in [-0.2, 0) is 9.53 Å². The van der Waals surface area contributed by atoms with Crippen LogP contribution in [0.2, 0.25) is 0 Å². The van der Waals surface area contributed by atoms with Crippen LogP contribution in [-0.4, -0.2) is 23.8 Å². The van der Waals surface area contributed by atoms with E-state index in [1.807, 2.05) is 0 Å². The Hall–Kier alpha value is -0.570. The van der Waals surface area contributed by atoms with E-state index in [0.717, 1.165) is 38.0 Å². The molecule has 0 spiro atoms. The molecule has 0 heterocycles. The first kappa shape index (κ1) is 29.5. The molecule has 0 aromatic rings. The lowest BCUT2D eigenvalue weighted by molar-refractivity contribution is -0.144. The van der Waals surface area contributed by atoms with Gasteiger partial charge in [-0.05, 0) is 37.5 Å². The van der Waals surface area contributed by atoms with Crippen molar-refractivity contribution in [3.63, 3.8) is 0 Å². The lowest BCUT2D eigenvalue weighted by Crippen LogP contribution is -2.07. The topological polar surface area (TPSA) is 46.5 Å². The number of rotatable bonds is 24. The van der Waals surface area contributed by atoms with E-state index >= 15 is 0 Å². The van der Waals surface area contributed by atoms with Crippen molar-refractivity contribution in [2.45, 2.75) is 161 Å². The zero-order chi connectivity index (χ0) is 23.3. The van der Waals surface area contributed by atoms with Crippen LogP contribution in [0.3, 0.4) is 0 Å². The predicted molar refractivity (Wildman–Crippen MR) is 137 cm³/mol. The van der Waals surface area contributed by atoms with E-state index in [9.17, 15) is 9.90 Å². The van der Waals surface area contributed by atoms with E-state index in [1.54, 1.807) is 0 Å². The molecule has 32 heavy (non-hydrogen) atoms. The van der Waals surface area contributed by atoms with E-state index in [-0.39, 0.29) is 12.1 Å². The van der Waals surface area contributed by atoms with E-state index in [4.69, 9.17) is 4.74 Å². The second-order valence-corrected chi connectivity index (χ2v) is 10.5. The van der Waals surface area contributed by atoms with Gasteiger partial charge in [0.1, 0.15) is 0 Å². The molecule has 190 valence electrons. The third kappa shape index (κ3) is 17.9. The molecule has 1 N–H and O–H groups in total. The maximum absolute atomic E-state index is 11.9. The van der Waals surface area contributed by atoms with E-state index < -0.39 is 0 Å². The standard InChI is InChI=1S/C29H56O3/c1-3-5-7-9-10-13-17-21-28(30)22-18-14-11-12-15-19-23-29(31)32-25-27-24-26(27)20-16-8-6-4-2/h26-28,30H,3-25H2,1-2H3/t26-,27-,28+/m1/s1. The summed E-state index contributed by atoms with van der Waals surface area (Å²) >= 11 is 0. The van der Waals surface area contributed by atoms with Crippen molar-refractivity contribution in [2.75, 3.05) is 6.61 Å². The van der Waals surface area contributed by atoms with Gasteiger partial charge >= 0.3 is 5.97 Å². The summed E-state index contributed by atoms with van der Waals surface area (Å²) in [4.78, 5) is 11.9. The summed E-state index contributed by atoms with van der Waals surface area (Å²) < 4.78 is 5.49. The van der Waals surface area contributed by atoms with Gasteiger partial charge in [0.25, 0.3) is 0 Å². The molecule has 1 aliphatic carbocycles. The Morgan fingerprint density at radius 2 is 1.22 bits per heavy atom. The monoisotopic (exact) mass is 452 g/mol. The Bertz CT molecular complexity index is 423. The van der Waals surface area contributed by atoms with Gasteiger partial charge < -0.3 is 9.84 Å². The second kappa shape index (κ2) is 21.0. The highest BCUT2D eigenvalue weighted by Gasteiger charge is 2.36. The van der Waals surface area contributed by atoms with E-state index in [0.29, 0.717) is 18.9 Å². The molecule has 0 radical (unpaired) electrons. The molecule has 3 nitrogen and oxygen atoms in total. The maximum atomic E-state index is 11.9. The number of esters is 1. The maximum Gasteiger partial charge on any atom is 0.305 e. The van der Waals surface area contributed by atoms with Crippen molar-refractivity contribution >= 4 is 5.97 Å². The number of hydrogen-bond donors (Lipinski definition) is 1. The summed E-state index contributed by atoms with van der Waals surface area (Å²) in [6, 6.07) is 0. The van der Waals surface area contributed by atoms with Crippen LogP contribution in [0.4, 0.5) is 0 Å². The zero-order valence-electron chi connectivity index (χ0n) is 21.8. The minimum atomic E-state index is -0.0946. The van der Waals surface area contributed by atoms with Gasteiger partial charge in [-0.2, -0.15) is 0 Å². The fraction of sp³-hybridized carbons (Fsp3) is 0.966.